The summed E-state index contributed by atoms with van der Waals surface area (Å²) >= 11 is 0. The Morgan fingerprint density at radius 3 is 2.56 bits per heavy atom. The van der Waals surface area contributed by atoms with E-state index in [1.54, 1.807) is 17.3 Å². The zero-order valence-corrected chi connectivity index (χ0v) is 14.7. The summed E-state index contributed by atoms with van der Waals surface area (Å²) in [5.41, 5.74) is 1.03. The van der Waals surface area contributed by atoms with Crippen LogP contribution >= 0.6 is 0 Å². The smallest absolute Gasteiger partial charge is 0.254 e. The Bertz CT molecular complexity index is 800. The van der Waals surface area contributed by atoms with E-state index in [9.17, 15) is 13.6 Å². The Morgan fingerprint density at radius 1 is 1.07 bits per heavy atom. The number of carbonyl (C=O) groups excluding carboxylic acids is 1. The highest BCUT2D eigenvalue weighted by atomic mass is 19.1. The van der Waals surface area contributed by atoms with Crippen LogP contribution in [0.15, 0.2) is 36.9 Å². The molecular weight excluding hydrogens is 354 g/mol. The topological polar surface area (TPSA) is 58.6 Å². The number of carbonyl (C=O) groups is 1. The minimum atomic E-state index is -0.752. The Labute approximate surface area is 155 Å². The largest absolute Gasteiger partial charge is 0.379 e. The molecule has 2 atom stereocenters. The second-order valence-corrected chi connectivity index (χ2v) is 7.11. The molecule has 0 N–H and O–H groups in total. The maximum absolute atomic E-state index is 13.6. The van der Waals surface area contributed by atoms with Gasteiger partial charge in [-0.1, -0.05) is 0 Å². The van der Waals surface area contributed by atoms with Crippen LogP contribution in [-0.4, -0.2) is 64.6 Å². The third-order valence-corrected chi connectivity index (χ3v) is 4.94. The molecule has 27 heavy (non-hydrogen) atoms. The number of aromatic nitrogens is 2. The molecule has 1 amide bonds. The van der Waals surface area contributed by atoms with Crippen molar-refractivity contribution < 1.29 is 18.3 Å². The van der Waals surface area contributed by atoms with Crippen LogP contribution in [0.3, 0.4) is 0 Å². The first-order valence-electron chi connectivity index (χ1n) is 8.89. The molecule has 1 aromatic heterocycles. The van der Waals surface area contributed by atoms with Gasteiger partial charge in [0.15, 0.2) is 0 Å². The monoisotopic (exact) mass is 374 g/mol. The summed E-state index contributed by atoms with van der Waals surface area (Å²) in [6, 6.07) is 2.76. The van der Waals surface area contributed by atoms with Gasteiger partial charge in [-0.05, 0) is 12.1 Å². The molecule has 2 fully saturated rings. The van der Waals surface area contributed by atoms with Gasteiger partial charge in [0.2, 0.25) is 0 Å². The number of benzene rings is 1. The van der Waals surface area contributed by atoms with Crippen LogP contribution in [-0.2, 0) is 11.3 Å². The standard InChI is InChI=1S/C19H20F2N4O2/c20-16-1-15(2-17(21)3-16)19(26)25-8-14-7-24(9-18(25)11-27-10-14)6-13-4-22-12-23-5-13/h1-5,12,14,18H,6-11H2/t14-,18-/m0/s1. The van der Waals surface area contributed by atoms with Gasteiger partial charge < -0.3 is 9.64 Å². The lowest BCUT2D eigenvalue weighted by Crippen LogP contribution is -2.46. The molecule has 2 aliphatic rings. The molecule has 2 aliphatic heterocycles. The van der Waals surface area contributed by atoms with Gasteiger partial charge in [0, 0.05) is 61.7 Å². The zero-order chi connectivity index (χ0) is 18.8. The van der Waals surface area contributed by atoms with Crippen molar-refractivity contribution in [2.75, 3.05) is 32.8 Å². The maximum Gasteiger partial charge on any atom is 0.254 e. The molecule has 8 heteroatoms. The van der Waals surface area contributed by atoms with Crippen molar-refractivity contribution >= 4 is 5.91 Å². The van der Waals surface area contributed by atoms with Crippen molar-refractivity contribution in [2.45, 2.75) is 12.6 Å². The summed E-state index contributed by atoms with van der Waals surface area (Å²) in [6.45, 7) is 3.54. The van der Waals surface area contributed by atoms with E-state index in [4.69, 9.17) is 4.74 Å². The Morgan fingerprint density at radius 2 is 1.81 bits per heavy atom. The summed E-state index contributed by atoms with van der Waals surface area (Å²) in [4.78, 5) is 25.0. The van der Waals surface area contributed by atoms with Gasteiger partial charge in [-0.15, -0.1) is 0 Å². The van der Waals surface area contributed by atoms with E-state index in [2.05, 4.69) is 14.9 Å². The van der Waals surface area contributed by atoms with Gasteiger partial charge in [0.05, 0.1) is 19.3 Å². The summed E-state index contributed by atoms with van der Waals surface area (Å²) in [5.74, 6) is -1.74. The number of fused-ring (bicyclic) bond motifs is 3. The van der Waals surface area contributed by atoms with E-state index in [0.717, 1.165) is 30.3 Å². The molecular formula is C19H20F2N4O2. The van der Waals surface area contributed by atoms with Crippen LogP contribution in [0, 0.1) is 17.6 Å². The molecule has 3 heterocycles. The Kier molecular flexibility index (Phi) is 5.09. The quantitative estimate of drug-likeness (QED) is 0.819. The van der Waals surface area contributed by atoms with Crippen molar-refractivity contribution in [1.29, 1.82) is 0 Å². The first kappa shape index (κ1) is 17.9. The highest BCUT2D eigenvalue weighted by molar-refractivity contribution is 5.94. The van der Waals surface area contributed by atoms with Crippen LogP contribution < -0.4 is 0 Å². The molecule has 1 aromatic carbocycles. The first-order valence-corrected chi connectivity index (χ1v) is 8.89. The molecule has 0 spiro atoms. The van der Waals surface area contributed by atoms with Crippen molar-refractivity contribution in [1.82, 2.24) is 19.8 Å². The Hall–Kier alpha value is -2.45. The summed E-state index contributed by atoms with van der Waals surface area (Å²) in [5, 5.41) is 0. The molecule has 0 unspecified atom stereocenters. The number of halogens is 2. The van der Waals surface area contributed by atoms with Crippen molar-refractivity contribution in [3.8, 4) is 0 Å². The normalized spacial score (nSPS) is 23.1. The van der Waals surface area contributed by atoms with Crippen molar-refractivity contribution in [3.05, 3.63) is 59.7 Å². The second-order valence-electron chi connectivity index (χ2n) is 7.11. The fourth-order valence-corrected chi connectivity index (χ4v) is 3.83. The molecule has 2 bridgehead atoms. The fourth-order valence-electron chi connectivity index (χ4n) is 3.83. The highest BCUT2D eigenvalue weighted by Crippen LogP contribution is 2.23. The average molecular weight is 374 g/mol. The minimum absolute atomic E-state index is 0.0306. The minimum Gasteiger partial charge on any atom is -0.379 e. The third-order valence-electron chi connectivity index (χ3n) is 4.94. The first-order chi connectivity index (χ1) is 13.1. The molecule has 142 valence electrons. The van der Waals surface area contributed by atoms with Crippen molar-refractivity contribution in [3.63, 3.8) is 0 Å². The lowest BCUT2D eigenvalue weighted by Gasteiger charge is -2.31. The molecule has 0 saturated carbocycles. The molecule has 6 nitrogen and oxygen atoms in total. The van der Waals surface area contributed by atoms with Gasteiger partial charge >= 0.3 is 0 Å². The lowest BCUT2D eigenvalue weighted by atomic mass is 10.1. The molecule has 2 aromatic rings. The van der Waals surface area contributed by atoms with Crippen LogP contribution in [0.1, 0.15) is 15.9 Å². The van der Waals surface area contributed by atoms with Gasteiger partial charge in [-0.3, -0.25) is 9.69 Å². The van der Waals surface area contributed by atoms with Crippen LogP contribution in [0.4, 0.5) is 8.78 Å². The van der Waals surface area contributed by atoms with E-state index in [1.165, 1.54) is 6.33 Å². The number of nitrogens with zero attached hydrogens (tertiary/aromatic N) is 4. The van der Waals surface area contributed by atoms with Gasteiger partial charge in [0.1, 0.15) is 18.0 Å². The summed E-state index contributed by atoms with van der Waals surface area (Å²) in [7, 11) is 0. The van der Waals surface area contributed by atoms with E-state index < -0.39 is 11.6 Å². The molecule has 4 rings (SSSR count). The zero-order valence-electron chi connectivity index (χ0n) is 14.7. The number of ether oxygens (including phenoxy) is 1. The van der Waals surface area contributed by atoms with Crippen LogP contribution in [0.2, 0.25) is 0 Å². The molecule has 0 aliphatic carbocycles. The predicted octanol–water partition coefficient (Wildman–Crippen LogP) is 1.73. The van der Waals surface area contributed by atoms with Gasteiger partial charge in [-0.2, -0.15) is 0 Å². The number of hydrogen-bond acceptors (Lipinski definition) is 5. The summed E-state index contributed by atoms with van der Waals surface area (Å²) < 4.78 is 32.8. The SMILES string of the molecule is O=C(c1cc(F)cc(F)c1)N1C[C@H]2COC[C@@H]1CN(Cc1cncnc1)C2. The van der Waals surface area contributed by atoms with Crippen molar-refractivity contribution in [2.24, 2.45) is 5.92 Å². The molecule has 2 saturated heterocycles. The Balaban J connectivity index is 1.55. The number of amides is 1. The van der Waals surface area contributed by atoms with Crippen LogP contribution in [0.5, 0.6) is 0 Å². The van der Waals surface area contributed by atoms with E-state index >= 15 is 0 Å². The molecule has 0 radical (unpaired) electrons. The third kappa shape index (κ3) is 4.12. The van der Waals surface area contributed by atoms with Crippen LogP contribution in [0.25, 0.3) is 0 Å². The van der Waals surface area contributed by atoms with E-state index in [1.807, 2.05) is 0 Å². The summed E-state index contributed by atoms with van der Waals surface area (Å²) in [6.07, 6.45) is 5.05. The highest BCUT2D eigenvalue weighted by Gasteiger charge is 2.36. The average Bonchev–Trinajstić information content (AvgIpc) is 2.92. The number of rotatable bonds is 3. The number of hydrogen-bond donors (Lipinski definition) is 0. The van der Waals surface area contributed by atoms with E-state index in [-0.39, 0.29) is 23.4 Å². The lowest BCUT2D eigenvalue weighted by molar-refractivity contribution is 0.0423. The van der Waals surface area contributed by atoms with E-state index in [0.29, 0.717) is 32.8 Å². The predicted molar refractivity (Wildman–Crippen MR) is 92.8 cm³/mol. The maximum atomic E-state index is 13.6. The van der Waals surface area contributed by atoms with Gasteiger partial charge in [-0.25, -0.2) is 18.7 Å². The second kappa shape index (κ2) is 7.66. The fraction of sp³-hybridized carbons (Fsp3) is 0.421. The van der Waals surface area contributed by atoms with Gasteiger partial charge in [0.25, 0.3) is 5.91 Å².